The van der Waals surface area contributed by atoms with E-state index in [9.17, 15) is 9.59 Å². The van der Waals surface area contributed by atoms with Gasteiger partial charge in [-0.3, -0.25) is 0 Å². The van der Waals surface area contributed by atoms with Crippen molar-refractivity contribution in [3.05, 3.63) is 28.2 Å². The average Bonchev–Trinajstić information content (AvgIpc) is 2.37. The summed E-state index contributed by atoms with van der Waals surface area (Å²) in [6.45, 7) is 0.221. The molecule has 110 valence electrons. The van der Waals surface area contributed by atoms with E-state index >= 15 is 0 Å². The lowest BCUT2D eigenvalue weighted by Crippen LogP contribution is -2.43. The van der Waals surface area contributed by atoms with E-state index < -0.39 is 18.0 Å². The number of carboxylic acid groups (broad SMARTS) is 1. The molecule has 0 fully saturated rings. The molecule has 0 saturated heterocycles. The van der Waals surface area contributed by atoms with Gasteiger partial charge in [-0.15, -0.1) is 0 Å². The minimum atomic E-state index is -1.14. The Morgan fingerprint density at radius 3 is 2.65 bits per heavy atom. The van der Waals surface area contributed by atoms with Gasteiger partial charge in [-0.1, -0.05) is 23.2 Å². The van der Waals surface area contributed by atoms with Crippen molar-refractivity contribution in [1.29, 1.82) is 0 Å². The lowest BCUT2D eigenvalue weighted by molar-refractivity contribution is -0.139. The first-order valence-electron chi connectivity index (χ1n) is 5.68. The number of halogens is 2. The van der Waals surface area contributed by atoms with Crippen LogP contribution in [0.2, 0.25) is 10.0 Å². The number of urea groups is 1. The summed E-state index contributed by atoms with van der Waals surface area (Å²) in [6.07, 6.45) is 0.160. The Kier molecular flexibility index (Phi) is 6.57. The second-order valence-corrected chi connectivity index (χ2v) is 4.74. The lowest BCUT2D eigenvalue weighted by atomic mass is 10.2. The maximum absolute atomic E-state index is 11.7. The molecule has 0 bridgehead atoms. The highest BCUT2D eigenvalue weighted by atomic mass is 35.5. The number of methoxy groups -OCH3 is 1. The third-order valence-electron chi connectivity index (χ3n) is 2.39. The maximum atomic E-state index is 11.7. The Hall–Kier alpha value is -1.50. The molecule has 1 rings (SSSR count). The van der Waals surface area contributed by atoms with Crippen molar-refractivity contribution in [2.24, 2.45) is 0 Å². The molecule has 0 radical (unpaired) electrons. The van der Waals surface area contributed by atoms with E-state index in [-0.39, 0.29) is 18.1 Å². The second kappa shape index (κ2) is 7.94. The van der Waals surface area contributed by atoms with Crippen LogP contribution >= 0.6 is 23.2 Å². The summed E-state index contributed by atoms with van der Waals surface area (Å²) in [7, 11) is 1.45. The zero-order valence-corrected chi connectivity index (χ0v) is 12.2. The van der Waals surface area contributed by atoms with E-state index in [0.29, 0.717) is 10.7 Å². The van der Waals surface area contributed by atoms with Gasteiger partial charge >= 0.3 is 12.0 Å². The molecular weight excluding hydrogens is 307 g/mol. The van der Waals surface area contributed by atoms with E-state index in [4.69, 9.17) is 33.0 Å². The monoisotopic (exact) mass is 320 g/mol. The molecule has 3 N–H and O–H groups in total. The highest BCUT2D eigenvalue weighted by molar-refractivity contribution is 6.36. The number of aliphatic carboxylic acids is 1. The molecule has 0 heterocycles. The van der Waals surface area contributed by atoms with Crippen molar-refractivity contribution in [3.8, 4) is 0 Å². The van der Waals surface area contributed by atoms with Gasteiger partial charge in [0.05, 0.1) is 10.7 Å². The SMILES string of the molecule is COCCC(NC(=O)Nc1ccc(Cl)cc1Cl)C(=O)O. The Morgan fingerprint density at radius 1 is 1.40 bits per heavy atom. The predicted octanol–water partition coefficient (Wildman–Crippen LogP) is 2.60. The van der Waals surface area contributed by atoms with Crippen molar-refractivity contribution < 1.29 is 19.4 Å². The number of amides is 2. The molecule has 20 heavy (non-hydrogen) atoms. The van der Waals surface area contributed by atoms with Crippen LogP contribution in [0.25, 0.3) is 0 Å². The van der Waals surface area contributed by atoms with E-state index in [1.807, 2.05) is 0 Å². The van der Waals surface area contributed by atoms with E-state index in [2.05, 4.69) is 10.6 Å². The molecule has 1 unspecified atom stereocenters. The van der Waals surface area contributed by atoms with Crippen molar-refractivity contribution in [2.45, 2.75) is 12.5 Å². The van der Waals surface area contributed by atoms with Crippen LogP contribution < -0.4 is 10.6 Å². The molecule has 1 aromatic carbocycles. The molecule has 0 aliphatic carbocycles. The number of benzene rings is 1. The van der Waals surface area contributed by atoms with Crippen LogP contribution in [0.5, 0.6) is 0 Å². The van der Waals surface area contributed by atoms with Gasteiger partial charge in [0, 0.05) is 25.2 Å². The van der Waals surface area contributed by atoms with Gasteiger partial charge in [0.25, 0.3) is 0 Å². The highest BCUT2D eigenvalue weighted by Crippen LogP contribution is 2.25. The first-order chi connectivity index (χ1) is 9.43. The van der Waals surface area contributed by atoms with Crippen LogP contribution in [0.3, 0.4) is 0 Å². The van der Waals surface area contributed by atoms with E-state index in [0.717, 1.165) is 0 Å². The minimum Gasteiger partial charge on any atom is -0.480 e. The van der Waals surface area contributed by atoms with Crippen molar-refractivity contribution >= 4 is 40.9 Å². The number of carbonyl (C=O) groups is 2. The van der Waals surface area contributed by atoms with Crippen LogP contribution in [0.1, 0.15) is 6.42 Å². The molecule has 0 aliphatic rings. The summed E-state index contributed by atoms with van der Waals surface area (Å²) in [5.74, 6) is -1.14. The van der Waals surface area contributed by atoms with Crippen molar-refractivity contribution in [3.63, 3.8) is 0 Å². The number of anilines is 1. The van der Waals surface area contributed by atoms with Crippen molar-refractivity contribution in [2.75, 3.05) is 19.0 Å². The van der Waals surface area contributed by atoms with Crippen LogP contribution in [-0.2, 0) is 9.53 Å². The quantitative estimate of drug-likeness (QED) is 0.751. The average molecular weight is 321 g/mol. The summed E-state index contributed by atoms with van der Waals surface area (Å²) in [5, 5.41) is 14.4. The van der Waals surface area contributed by atoms with Gasteiger partial charge in [0.1, 0.15) is 6.04 Å². The van der Waals surface area contributed by atoms with Gasteiger partial charge < -0.3 is 20.5 Å². The smallest absolute Gasteiger partial charge is 0.326 e. The summed E-state index contributed by atoms with van der Waals surface area (Å²) < 4.78 is 4.78. The van der Waals surface area contributed by atoms with Crippen LogP contribution in [0.15, 0.2) is 18.2 Å². The fourth-order valence-electron chi connectivity index (χ4n) is 1.40. The normalized spacial score (nSPS) is 11.8. The third kappa shape index (κ3) is 5.24. The first-order valence-corrected chi connectivity index (χ1v) is 6.44. The number of carbonyl (C=O) groups excluding carboxylic acids is 1. The molecule has 8 heteroatoms. The second-order valence-electron chi connectivity index (χ2n) is 3.89. The zero-order chi connectivity index (χ0) is 15.1. The van der Waals surface area contributed by atoms with E-state index in [1.165, 1.54) is 19.2 Å². The van der Waals surface area contributed by atoms with Crippen LogP contribution in [0, 0.1) is 0 Å². The molecule has 6 nitrogen and oxygen atoms in total. The van der Waals surface area contributed by atoms with Crippen molar-refractivity contribution in [1.82, 2.24) is 5.32 Å². The Morgan fingerprint density at radius 2 is 2.10 bits per heavy atom. The molecule has 0 saturated carbocycles. The molecule has 0 spiro atoms. The molecule has 0 aliphatic heterocycles. The number of hydrogen-bond acceptors (Lipinski definition) is 3. The standard InChI is InChI=1S/C12H14Cl2N2O4/c1-20-5-4-10(11(17)18)16-12(19)15-9-3-2-7(13)6-8(9)14/h2-3,6,10H,4-5H2,1H3,(H,17,18)(H2,15,16,19). The van der Waals surface area contributed by atoms with Crippen LogP contribution in [0.4, 0.5) is 10.5 Å². The van der Waals surface area contributed by atoms with Gasteiger partial charge in [0.15, 0.2) is 0 Å². The van der Waals surface area contributed by atoms with Gasteiger partial charge in [0.2, 0.25) is 0 Å². The molecule has 2 amide bonds. The first kappa shape index (κ1) is 16.6. The fourth-order valence-corrected chi connectivity index (χ4v) is 1.86. The van der Waals surface area contributed by atoms with Gasteiger partial charge in [-0.2, -0.15) is 0 Å². The highest BCUT2D eigenvalue weighted by Gasteiger charge is 2.19. The lowest BCUT2D eigenvalue weighted by Gasteiger charge is -2.15. The zero-order valence-electron chi connectivity index (χ0n) is 10.7. The number of ether oxygens (including phenoxy) is 1. The third-order valence-corrected chi connectivity index (χ3v) is 2.94. The molecule has 0 aromatic heterocycles. The van der Waals surface area contributed by atoms with Gasteiger partial charge in [-0.25, -0.2) is 9.59 Å². The number of carboxylic acids is 1. The topological polar surface area (TPSA) is 87.7 Å². The molecule has 1 aromatic rings. The largest absolute Gasteiger partial charge is 0.480 e. The minimum absolute atomic E-state index is 0.160. The Balaban J connectivity index is 2.63. The summed E-state index contributed by atoms with van der Waals surface area (Å²) in [6, 6.07) is 2.84. The molecule has 1 atom stereocenters. The number of rotatable bonds is 6. The summed E-state index contributed by atoms with van der Waals surface area (Å²) in [4.78, 5) is 22.7. The molecular formula is C12H14Cl2N2O4. The maximum Gasteiger partial charge on any atom is 0.326 e. The van der Waals surface area contributed by atoms with Crippen LogP contribution in [-0.4, -0.2) is 36.9 Å². The Labute approximate surface area is 126 Å². The van der Waals surface area contributed by atoms with Gasteiger partial charge in [-0.05, 0) is 18.2 Å². The predicted molar refractivity (Wildman–Crippen MR) is 76.5 cm³/mol. The summed E-state index contributed by atoms with van der Waals surface area (Å²) in [5.41, 5.74) is 0.337. The Bertz CT molecular complexity index is 496. The number of hydrogen-bond donors (Lipinski definition) is 3. The van der Waals surface area contributed by atoms with E-state index in [1.54, 1.807) is 6.07 Å². The summed E-state index contributed by atoms with van der Waals surface area (Å²) >= 11 is 11.6. The number of nitrogens with one attached hydrogen (secondary N) is 2. The fraction of sp³-hybridized carbons (Fsp3) is 0.333.